The molecule has 1 unspecified atom stereocenters. The lowest BCUT2D eigenvalue weighted by atomic mass is 10.1. The first-order valence-electron chi connectivity index (χ1n) is 7.37. The molecule has 0 radical (unpaired) electrons. The first-order valence-corrected chi connectivity index (χ1v) is 8.25. The van der Waals surface area contributed by atoms with Crippen LogP contribution in [-0.2, 0) is 11.2 Å². The molecule has 2 heterocycles. The highest BCUT2D eigenvalue weighted by Gasteiger charge is 2.32. The van der Waals surface area contributed by atoms with E-state index < -0.39 is 0 Å². The molecular weight excluding hydrogens is 282 g/mol. The number of nitrogens with one attached hydrogen (secondary N) is 1. The molecule has 21 heavy (non-hydrogen) atoms. The lowest BCUT2D eigenvalue weighted by molar-refractivity contribution is -0.125. The van der Waals surface area contributed by atoms with Crippen molar-refractivity contribution in [3.63, 3.8) is 0 Å². The van der Waals surface area contributed by atoms with Gasteiger partial charge in [0.05, 0.1) is 11.4 Å². The lowest BCUT2D eigenvalue weighted by Gasteiger charge is -2.10. The van der Waals surface area contributed by atoms with Gasteiger partial charge in [0.1, 0.15) is 5.01 Å². The summed E-state index contributed by atoms with van der Waals surface area (Å²) in [6.45, 7) is 2.68. The molecule has 1 atom stereocenters. The number of rotatable bonds is 6. The van der Waals surface area contributed by atoms with E-state index >= 15 is 0 Å². The van der Waals surface area contributed by atoms with Gasteiger partial charge >= 0.3 is 0 Å². The largest absolute Gasteiger partial charge is 0.355 e. The van der Waals surface area contributed by atoms with Crippen LogP contribution in [0.5, 0.6) is 0 Å². The molecule has 110 valence electrons. The molecular formula is C16H19N3OS. The molecule has 1 amide bonds. The Morgan fingerprint density at radius 1 is 1.48 bits per heavy atom. The highest BCUT2D eigenvalue weighted by molar-refractivity contribution is 7.13. The van der Waals surface area contributed by atoms with Crippen molar-refractivity contribution in [2.75, 3.05) is 6.54 Å². The van der Waals surface area contributed by atoms with Crippen LogP contribution < -0.4 is 5.32 Å². The van der Waals surface area contributed by atoms with E-state index in [9.17, 15) is 4.79 Å². The average molecular weight is 301 g/mol. The number of hydrogen-bond acceptors (Lipinski definition) is 4. The van der Waals surface area contributed by atoms with Gasteiger partial charge < -0.3 is 5.32 Å². The van der Waals surface area contributed by atoms with Crippen LogP contribution in [0.3, 0.4) is 0 Å². The van der Waals surface area contributed by atoms with Gasteiger partial charge in [0.2, 0.25) is 5.91 Å². The van der Waals surface area contributed by atoms with Crippen molar-refractivity contribution in [1.82, 2.24) is 15.3 Å². The van der Waals surface area contributed by atoms with E-state index in [-0.39, 0.29) is 11.8 Å². The van der Waals surface area contributed by atoms with Gasteiger partial charge in [0.15, 0.2) is 0 Å². The third-order valence-electron chi connectivity index (χ3n) is 3.86. The number of pyridine rings is 1. The van der Waals surface area contributed by atoms with Crippen LogP contribution in [0.25, 0.3) is 10.7 Å². The molecule has 1 fully saturated rings. The number of amides is 1. The summed E-state index contributed by atoms with van der Waals surface area (Å²) in [5.74, 6) is 0.947. The van der Waals surface area contributed by atoms with E-state index in [1.54, 1.807) is 17.5 Å². The zero-order chi connectivity index (χ0) is 14.7. The van der Waals surface area contributed by atoms with Crippen LogP contribution in [0.1, 0.15) is 25.5 Å². The number of carbonyl (C=O) groups is 1. The first kappa shape index (κ1) is 14.2. The van der Waals surface area contributed by atoms with E-state index in [1.807, 2.05) is 30.5 Å². The molecule has 0 aromatic carbocycles. The normalized spacial score (nSPS) is 15.7. The number of carbonyl (C=O) groups excluding carboxylic acids is 1. The van der Waals surface area contributed by atoms with Crippen LogP contribution in [0, 0.1) is 11.8 Å². The molecule has 2 aromatic heterocycles. The maximum absolute atomic E-state index is 11.9. The van der Waals surface area contributed by atoms with Crippen molar-refractivity contribution >= 4 is 17.2 Å². The number of thiazole rings is 1. The van der Waals surface area contributed by atoms with Crippen molar-refractivity contribution in [1.29, 1.82) is 0 Å². The van der Waals surface area contributed by atoms with Gasteiger partial charge in [-0.3, -0.25) is 9.78 Å². The third kappa shape index (κ3) is 3.67. The second-order valence-electron chi connectivity index (χ2n) is 5.53. The van der Waals surface area contributed by atoms with Gasteiger partial charge in [-0.2, -0.15) is 0 Å². The van der Waals surface area contributed by atoms with Crippen LogP contribution in [0.2, 0.25) is 0 Å². The van der Waals surface area contributed by atoms with Crippen molar-refractivity contribution in [3.05, 3.63) is 35.5 Å². The quantitative estimate of drug-likeness (QED) is 0.892. The van der Waals surface area contributed by atoms with E-state index in [2.05, 4.69) is 15.3 Å². The van der Waals surface area contributed by atoms with E-state index in [4.69, 9.17) is 0 Å². The molecule has 0 spiro atoms. The van der Waals surface area contributed by atoms with Crippen molar-refractivity contribution in [3.8, 4) is 10.7 Å². The Bertz CT molecular complexity index is 607. The molecule has 3 rings (SSSR count). The van der Waals surface area contributed by atoms with Crippen LogP contribution >= 0.6 is 11.3 Å². The van der Waals surface area contributed by atoms with E-state index in [0.29, 0.717) is 12.5 Å². The van der Waals surface area contributed by atoms with Crippen molar-refractivity contribution in [2.45, 2.75) is 26.2 Å². The molecule has 0 saturated heterocycles. The molecule has 0 aliphatic heterocycles. The van der Waals surface area contributed by atoms with Crippen LogP contribution in [0.15, 0.2) is 29.8 Å². The number of nitrogens with zero attached hydrogens (tertiary/aromatic N) is 2. The lowest BCUT2D eigenvalue weighted by Crippen LogP contribution is -2.31. The summed E-state index contributed by atoms with van der Waals surface area (Å²) in [6, 6.07) is 5.82. The highest BCUT2D eigenvalue weighted by Crippen LogP contribution is 2.36. The van der Waals surface area contributed by atoms with Gasteiger partial charge in [-0.05, 0) is 30.9 Å². The van der Waals surface area contributed by atoms with Crippen molar-refractivity contribution in [2.24, 2.45) is 11.8 Å². The number of hydrogen-bond donors (Lipinski definition) is 1. The fourth-order valence-corrected chi connectivity index (χ4v) is 3.14. The Balaban J connectivity index is 1.50. The minimum absolute atomic E-state index is 0.157. The number of aromatic nitrogens is 2. The van der Waals surface area contributed by atoms with Crippen LogP contribution in [-0.4, -0.2) is 22.4 Å². The molecule has 0 bridgehead atoms. The molecule has 1 aliphatic carbocycles. The first-order chi connectivity index (χ1) is 10.2. The summed E-state index contributed by atoms with van der Waals surface area (Å²) >= 11 is 1.60. The Morgan fingerprint density at radius 3 is 3.05 bits per heavy atom. The summed E-state index contributed by atoms with van der Waals surface area (Å²) in [6.07, 6.45) is 4.95. The average Bonchev–Trinajstić information content (AvgIpc) is 3.26. The summed E-state index contributed by atoms with van der Waals surface area (Å²) in [7, 11) is 0. The van der Waals surface area contributed by atoms with Gasteiger partial charge in [0, 0.05) is 30.5 Å². The monoisotopic (exact) mass is 301 g/mol. The third-order valence-corrected chi connectivity index (χ3v) is 4.77. The smallest absolute Gasteiger partial charge is 0.223 e. The molecule has 5 heteroatoms. The SMILES string of the molecule is CC(C(=O)NCCc1csc(-c2ccccn2)n1)C1CC1. The Kier molecular flexibility index (Phi) is 4.29. The van der Waals surface area contributed by atoms with Gasteiger partial charge in [-0.25, -0.2) is 4.98 Å². The van der Waals surface area contributed by atoms with Crippen molar-refractivity contribution < 1.29 is 4.79 Å². The molecule has 1 N–H and O–H groups in total. The summed E-state index contributed by atoms with van der Waals surface area (Å²) in [5.41, 5.74) is 1.92. The molecule has 1 aliphatic rings. The zero-order valence-corrected chi connectivity index (χ0v) is 12.9. The summed E-state index contributed by atoms with van der Waals surface area (Å²) in [5, 5.41) is 5.99. The maximum atomic E-state index is 11.9. The predicted molar refractivity (Wildman–Crippen MR) is 83.9 cm³/mol. The summed E-state index contributed by atoms with van der Waals surface area (Å²) in [4.78, 5) is 20.8. The van der Waals surface area contributed by atoms with E-state index in [0.717, 1.165) is 22.8 Å². The summed E-state index contributed by atoms with van der Waals surface area (Å²) < 4.78 is 0. The molecule has 4 nitrogen and oxygen atoms in total. The minimum Gasteiger partial charge on any atom is -0.355 e. The minimum atomic E-state index is 0.157. The van der Waals surface area contributed by atoms with Gasteiger partial charge in [-0.15, -0.1) is 11.3 Å². The van der Waals surface area contributed by atoms with Gasteiger partial charge in [-0.1, -0.05) is 13.0 Å². The standard InChI is InChI=1S/C16H19N3OS/c1-11(12-5-6-12)15(20)18-9-7-13-10-21-16(19-13)14-4-2-3-8-17-14/h2-4,8,10-12H,5-7,9H2,1H3,(H,18,20). The Hall–Kier alpha value is -1.75. The Labute approximate surface area is 128 Å². The molecule has 1 saturated carbocycles. The van der Waals surface area contributed by atoms with Crippen LogP contribution in [0.4, 0.5) is 0 Å². The topological polar surface area (TPSA) is 54.9 Å². The van der Waals surface area contributed by atoms with E-state index in [1.165, 1.54) is 12.8 Å². The van der Waals surface area contributed by atoms with Gasteiger partial charge in [0.25, 0.3) is 0 Å². The highest BCUT2D eigenvalue weighted by atomic mass is 32.1. The Morgan fingerprint density at radius 2 is 2.33 bits per heavy atom. The zero-order valence-electron chi connectivity index (χ0n) is 12.1. The second-order valence-corrected chi connectivity index (χ2v) is 6.38. The molecule has 2 aromatic rings. The predicted octanol–water partition coefficient (Wildman–Crippen LogP) is 2.91. The fraction of sp³-hybridized carbons (Fsp3) is 0.438. The maximum Gasteiger partial charge on any atom is 0.223 e. The fourth-order valence-electron chi connectivity index (χ4n) is 2.31. The second kappa shape index (κ2) is 6.35.